The van der Waals surface area contributed by atoms with E-state index < -0.39 is 5.23 Å². The van der Waals surface area contributed by atoms with Crippen LogP contribution < -0.4 is 5.23 Å². The molecule has 0 bridgehead atoms. The van der Waals surface area contributed by atoms with Crippen molar-refractivity contribution in [2.75, 3.05) is 0 Å². The molecule has 0 spiro atoms. The second kappa shape index (κ2) is 3.48. The summed E-state index contributed by atoms with van der Waals surface area (Å²) < 4.78 is 0. The molecular weight excluding hydrogens is 142 g/mol. The van der Waals surface area contributed by atoms with Gasteiger partial charge in [0, 0.05) is 5.56 Å². The highest BCUT2D eigenvalue weighted by Gasteiger charge is 1.94. The maximum atomic E-state index is 10.3. The zero-order valence-corrected chi connectivity index (χ0v) is 6.37. The fourth-order valence-electron chi connectivity index (χ4n) is 0.881. The van der Waals surface area contributed by atoms with Gasteiger partial charge in [0.1, 0.15) is 6.54 Å². The molecule has 0 heterocycles. The molecule has 0 radical (unpaired) electrons. The molecule has 0 aliphatic heterocycles. The second-order valence-electron chi connectivity index (χ2n) is 2.56. The van der Waals surface area contributed by atoms with Crippen molar-refractivity contribution in [3.8, 4) is 0 Å². The Morgan fingerprint density at radius 2 is 1.91 bits per heavy atom. The lowest BCUT2D eigenvalue weighted by molar-refractivity contribution is -1.06. The highest BCUT2D eigenvalue weighted by molar-refractivity contribution is 5.20. The van der Waals surface area contributed by atoms with Gasteiger partial charge in [-0.2, -0.15) is 0 Å². The summed E-state index contributed by atoms with van der Waals surface area (Å²) in [4.78, 5) is 0. The Balaban J connectivity index is 2.66. The minimum Gasteiger partial charge on any atom is -0.600 e. The van der Waals surface area contributed by atoms with Crippen molar-refractivity contribution in [2.45, 2.75) is 13.5 Å². The van der Waals surface area contributed by atoms with Crippen LogP contribution in [0.1, 0.15) is 11.1 Å². The van der Waals surface area contributed by atoms with Gasteiger partial charge in [-0.05, 0) is 6.92 Å². The third kappa shape index (κ3) is 2.67. The van der Waals surface area contributed by atoms with Crippen molar-refractivity contribution in [1.29, 1.82) is 0 Å². The molecule has 2 N–H and O–H groups in total. The Morgan fingerprint density at radius 1 is 1.36 bits per heavy atom. The lowest BCUT2D eigenvalue weighted by Gasteiger charge is -2.11. The molecule has 0 fully saturated rings. The van der Waals surface area contributed by atoms with Gasteiger partial charge in [-0.15, -0.1) is 0 Å². The normalized spacial score (nSPS) is 13.0. The molecule has 1 atom stereocenters. The third-order valence-electron chi connectivity index (χ3n) is 1.48. The van der Waals surface area contributed by atoms with Crippen molar-refractivity contribution >= 4 is 0 Å². The number of hydrogen-bond acceptors (Lipinski definition) is 2. The van der Waals surface area contributed by atoms with Crippen LogP contribution in [0.2, 0.25) is 0 Å². The molecule has 0 amide bonds. The molecular formula is C8H11NO2. The molecule has 1 aromatic carbocycles. The van der Waals surface area contributed by atoms with Gasteiger partial charge < -0.3 is 5.21 Å². The van der Waals surface area contributed by atoms with E-state index in [-0.39, 0.29) is 6.54 Å². The first-order chi connectivity index (χ1) is 5.18. The van der Waals surface area contributed by atoms with Gasteiger partial charge in [-0.1, -0.05) is 29.8 Å². The zero-order chi connectivity index (χ0) is 8.27. The van der Waals surface area contributed by atoms with Crippen LogP contribution in [-0.2, 0) is 6.54 Å². The molecule has 3 nitrogen and oxygen atoms in total. The summed E-state index contributed by atoms with van der Waals surface area (Å²) in [6.07, 6.45) is 0. The van der Waals surface area contributed by atoms with E-state index in [4.69, 9.17) is 5.21 Å². The summed E-state index contributed by atoms with van der Waals surface area (Å²) in [6.45, 7) is 2.09. The van der Waals surface area contributed by atoms with Gasteiger partial charge in [-0.25, -0.2) is 10.4 Å². The smallest absolute Gasteiger partial charge is 0.132 e. The number of nitrogens with one attached hydrogen (secondary N) is 1. The number of benzene rings is 1. The van der Waals surface area contributed by atoms with Gasteiger partial charge in [-0.3, -0.25) is 0 Å². The van der Waals surface area contributed by atoms with Gasteiger partial charge in [0.05, 0.1) is 0 Å². The fourth-order valence-corrected chi connectivity index (χ4v) is 0.881. The molecule has 1 unspecified atom stereocenters. The Hall–Kier alpha value is -0.900. The van der Waals surface area contributed by atoms with Gasteiger partial charge >= 0.3 is 0 Å². The van der Waals surface area contributed by atoms with E-state index in [2.05, 4.69) is 0 Å². The van der Waals surface area contributed by atoms with E-state index in [1.54, 1.807) is 0 Å². The molecule has 0 aliphatic rings. The molecule has 60 valence electrons. The fraction of sp³-hybridized carbons (Fsp3) is 0.250. The van der Waals surface area contributed by atoms with E-state index in [0.29, 0.717) is 0 Å². The SMILES string of the molecule is Cc1ccc(C[NH+]([O-])O)cc1. The van der Waals surface area contributed by atoms with Crippen LogP contribution >= 0.6 is 0 Å². The van der Waals surface area contributed by atoms with Crippen molar-refractivity contribution < 1.29 is 10.4 Å². The molecule has 11 heavy (non-hydrogen) atoms. The summed E-state index contributed by atoms with van der Waals surface area (Å²) in [6, 6.07) is 7.50. The number of quaternary nitrogens is 1. The van der Waals surface area contributed by atoms with Crippen LogP contribution in [0.3, 0.4) is 0 Å². The molecule has 1 aromatic rings. The standard InChI is InChI=1S/C8H11NO2/c1-7-2-4-8(5-3-7)6-9(10)11/h2-5,9-10H,6H2,1H3. The van der Waals surface area contributed by atoms with Crippen molar-refractivity contribution in [1.82, 2.24) is 0 Å². The molecule has 0 saturated carbocycles. The molecule has 0 saturated heterocycles. The van der Waals surface area contributed by atoms with Crippen molar-refractivity contribution in [3.63, 3.8) is 0 Å². The van der Waals surface area contributed by atoms with Crippen LogP contribution in [0.4, 0.5) is 0 Å². The molecule has 0 aliphatic carbocycles. The number of aryl methyl sites for hydroxylation is 1. The number of hydrogen-bond donors (Lipinski definition) is 2. The van der Waals surface area contributed by atoms with Crippen molar-refractivity contribution in [3.05, 3.63) is 40.6 Å². The number of hydroxylamine groups is 2. The largest absolute Gasteiger partial charge is 0.600 e. The lowest BCUT2D eigenvalue weighted by atomic mass is 10.1. The first-order valence-corrected chi connectivity index (χ1v) is 3.46. The monoisotopic (exact) mass is 153 g/mol. The topological polar surface area (TPSA) is 47.7 Å². The van der Waals surface area contributed by atoms with Crippen molar-refractivity contribution in [2.24, 2.45) is 0 Å². The van der Waals surface area contributed by atoms with E-state index >= 15 is 0 Å². The maximum absolute atomic E-state index is 10.3. The minimum atomic E-state index is -0.783. The first kappa shape index (κ1) is 8.20. The Morgan fingerprint density at radius 3 is 2.36 bits per heavy atom. The van der Waals surface area contributed by atoms with E-state index in [1.165, 1.54) is 0 Å². The highest BCUT2D eigenvalue weighted by atomic mass is 16.8. The summed E-state index contributed by atoms with van der Waals surface area (Å²) in [5.74, 6) is 0. The van der Waals surface area contributed by atoms with Crippen LogP contribution in [0.25, 0.3) is 0 Å². The Bertz CT molecular complexity index is 218. The zero-order valence-electron chi connectivity index (χ0n) is 6.37. The molecule has 0 aromatic heterocycles. The average Bonchev–Trinajstić information content (AvgIpc) is 1.93. The minimum absolute atomic E-state index is 0.111. The maximum Gasteiger partial charge on any atom is 0.132 e. The van der Waals surface area contributed by atoms with E-state index in [9.17, 15) is 5.21 Å². The second-order valence-corrected chi connectivity index (χ2v) is 2.56. The van der Waals surface area contributed by atoms with Gasteiger partial charge in [0.25, 0.3) is 0 Å². The lowest BCUT2D eigenvalue weighted by Crippen LogP contribution is -3.03. The summed E-state index contributed by atoms with van der Waals surface area (Å²) in [7, 11) is 0. The van der Waals surface area contributed by atoms with Crippen LogP contribution in [0.5, 0.6) is 0 Å². The summed E-state index contributed by atoms with van der Waals surface area (Å²) in [5.41, 5.74) is 2.00. The van der Waals surface area contributed by atoms with Gasteiger partial charge in [0.15, 0.2) is 0 Å². The predicted molar refractivity (Wildman–Crippen MR) is 41.0 cm³/mol. The Labute approximate surface area is 65.4 Å². The molecule has 1 rings (SSSR count). The van der Waals surface area contributed by atoms with Gasteiger partial charge in [0.2, 0.25) is 0 Å². The highest BCUT2D eigenvalue weighted by Crippen LogP contribution is 2.00. The van der Waals surface area contributed by atoms with Crippen LogP contribution in [0, 0.1) is 12.1 Å². The van der Waals surface area contributed by atoms with E-state index in [0.717, 1.165) is 11.1 Å². The summed E-state index contributed by atoms with van der Waals surface area (Å²) >= 11 is 0. The van der Waals surface area contributed by atoms with E-state index in [1.807, 2.05) is 31.2 Å². The Kier molecular flexibility index (Phi) is 2.59. The number of rotatable bonds is 2. The summed E-state index contributed by atoms with van der Waals surface area (Å²) in [5, 5.41) is 17.9. The quantitative estimate of drug-likeness (QED) is 0.599. The van der Waals surface area contributed by atoms with Crippen LogP contribution in [-0.4, -0.2) is 5.21 Å². The average molecular weight is 153 g/mol. The van der Waals surface area contributed by atoms with Crippen LogP contribution in [0.15, 0.2) is 24.3 Å². The third-order valence-corrected chi connectivity index (χ3v) is 1.48. The first-order valence-electron chi connectivity index (χ1n) is 3.46. The predicted octanol–water partition coefficient (Wildman–Crippen LogP) is 0.267. The molecule has 3 heteroatoms.